The maximum absolute atomic E-state index is 13.2. The Hall–Kier alpha value is -3.35. The number of amides is 1. The van der Waals surface area contributed by atoms with E-state index < -0.39 is 0 Å². The van der Waals surface area contributed by atoms with Crippen molar-refractivity contribution in [3.8, 4) is 17.0 Å². The highest BCUT2D eigenvalue weighted by Gasteiger charge is 2.23. The van der Waals surface area contributed by atoms with Crippen LogP contribution in [-0.4, -0.2) is 42.3 Å². The van der Waals surface area contributed by atoms with Crippen LogP contribution in [0, 0.1) is 5.82 Å². The minimum absolute atomic E-state index is 0.0135. The summed E-state index contributed by atoms with van der Waals surface area (Å²) >= 11 is 0. The first kappa shape index (κ1) is 19.9. The molecule has 6 nitrogen and oxygen atoms in total. The molecule has 0 aliphatic carbocycles. The third-order valence-corrected chi connectivity index (χ3v) is 5.37. The molecule has 0 bridgehead atoms. The van der Waals surface area contributed by atoms with E-state index >= 15 is 0 Å². The van der Waals surface area contributed by atoms with Gasteiger partial charge in [0.05, 0.1) is 19.2 Å². The lowest BCUT2D eigenvalue weighted by Crippen LogP contribution is -2.48. The molecule has 3 aromatic rings. The monoisotopic (exact) mass is 408 g/mol. The SMILES string of the molecule is COc1ccccc1CC(=O)N[C@H]1CCCN(c2cc(-c3ccc(F)cc3)[nH]n2)C1. The molecule has 7 heteroatoms. The largest absolute Gasteiger partial charge is 0.496 e. The number of hydrogen-bond donors (Lipinski definition) is 2. The molecule has 0 spiro atoms. The van der Waals surface area contributed by atoms with E-state index in [4.69, 9.17) is 4.74 Å². The molecule has 1 atom stereocenters. The van der Waals surface area contributed by atoms with Crippen molar-refractivity contribution in [1.82, 2.24) is 15.5 Å². The molecule has 1 fully saturated rings. The van der Waals surface area contributed by atoms with Crippen molar-refractivity contribution < 1.29 is 13.9 Å². The molecule has 0 radical (unpaired) electrons. The minimum atomic E-state index is -0.263. The van der Waals surface area contributed by atoms with Crippen LogP contribution in [0.15, 0.2) is 54.6 Å². The van der Waals surface area contributed by atoms with Crippen LogP contribution in [0.4, 0.5) is 10.2 Å². The van der Waals surface area contributed by atoms with Gasteiger partial charge in [-0.05, 0) is 48.7 Å². The summed E-state index contributed by atoms with van der Waals surface area (Å²) in [7, 11) is 1.61. The highest BCUT2D eigenvalue weighted by atomic mass is 19.1. The minimum Gasteiger partial charge on any atom is -0.496 e. The number of anilines is 1. The van der Waals surface area contributed by atoms with Crippen molar-refractivity contribution in [3.05, 3.63) is 66.0 Å². The number of para-hydroxylation sites is 1. The number of hydrogen-bond acceptors (Lipinski definition) is 4. The number of piperidine rings is 1. The Balaban J connectivity index is 1.37. The van der Waals surface area contributed by atoms with E-state index in [9.17, 15) is 9.18 Å². The number of carbonyl (C=O) groups excluding carboxylic acids is 1. The standard InChI is InChI=1S/C23H25FN4O2/c1-30-21-7-3-2-5-17(21)13-23(29)25-19-6-4-12-28(15-19)22-14-20(26-27-22)16-8-10-18(24)11-9-16/h2-3,5,7-11,14,19H,4,6,12-13,15H2,1H3,(H,25,29)(H,26,27)/t19-/m0/s1. The summed E-state index contributed by atoms with van der Waals surface area (Å²) in [6, 6.07) is 15.9. The van der Waals surface area contributed by atoms with E-state index in [0.29, 0.717) is 6.54 Å². The van der Waals surface area contributed by atoms with Gasteiger partial charge in [0.15, 0.2) is 5.82 Å². The van der Waals surface area contributed by atoms with Crippen molar-refractivity contribution in [2.75, 3.05) is 25.1 Å². The number of rotatable bonds is 6. The normalized spacial score (nSPS) is 16.3. The van der Waals surface area contributed by atoms with Gasteiger partial charge in [0.1, 0.15) is 11.6 Å². The lowest BCUT2D eigenvalue weighted by Gasteiger charge is -2.33. The summed E-state index contributed by atoms with van der Waals surface area (Å²) in [5, 5.41) is 10.6. The zero-order valence-electron chi connectivity index (χ0n) is 16.9. The molecule has 2 heterocycles. The van der Waals surface area contributed by atoms with Gasteiger partial charge < -0.3 is 15.0 Å². The summed E-state index contributed by atoms with van der Waals surface area (Å²) < 4.78 is 18.5. The number of aromatic amines is 1. The van der Waals surface area contributed by atoms with Gasteiger partial charge in [-0.15, -0.1) is 0 Å². The number of benzene rings is 2. The molecular formula is C23H25FN4O2. The second-order valence-electron chi connectivity index (χ2n) is 7.49. The lowest BCUT2D eigenvalue weighted by atomic mass is 10.0. The average Bonchev–Trinajstić information content (AvgIpc) is 3.25. The fraction of sp³-hybridized carbons (Fsp3) is 0.304. The summed E-state index contributed by atoms with van der Waals surface area (Å²) in [6.07, 6.45) is 2.19. The predicted octanol–water partition coefficient (Wildman–Crippen LogP) is 3.55. The highest BCUT2D eigenvalue weighted by molar-refractivity contribution is 5.79. The number of halogens is 1. The van der Waals surface area contributed by atoms with Crippen LogP contribution in [0.3, 0.4) is 0 Å². The number of ether oxygens (including phenoxy) is 1. The summed E-state index contributed by atoms with van der Waals surface area (Å²) in [6.45, 7) is 1.58. The first-order valence-electron chi connectivity index (χ1n) is 10.1. The molecule has 0 unspecified atom stereocenters. The molecule has 1 saturated heterocycles. The van der Waals surface area contributed by atoms with Gasteiger partial charge in [0.25, 0.3) is 0 Å². The van der Waals surface area contributed by atoms with Gasteiger partial charge in [-0.3, -0.25) is 9.89 Å². The van der Waals surface area contributed by atoms with Crippen molar-refractivity contribution in [2.24, 2.45) is 0 Å². The van der Waals surface area contributed by atoms with Gasteiger partial charge in [-0.1, -0.05) is 18.2 Å². The van der Waals surface area contributed by atoms with Crippen LogP contribution in [0.5, 0.6) is 5.75 Å². The predicted molar refractivity (Wildman–Crippen MR) is 114 cm³/mol. The fourth-order valence-electron chi connectivity index (χ4n) is 3.85. The smallest absolute Gasteiger partial charge is 0.224 e. The zero-order valence-corrected chi connectivity index (χ0v) is 16.9. The number of aromatic nitrogens is 2. The Bertz CT molecular complexity index is 1000. The summed E-state index contributed by atoms with van der Waals surface area (Å²) in [4.78, 5) is 14.7. The van der Waals surface area contributed by atoms with E-state index in [0.717, 1.165) is 47.8 Å². The van der Waals surface area contributed by atoms with E-state index in [2.05, 4.69) is 20.4 Å². The molecule has 1 aliphatic heterocycles. The number of nitrogens with zero attached hydrogens (tertiary/aromatic N) is 2. The number of methoxy groups -OCH3 is 1. The van der Waals surface area contributed by atoms with E-state index in [-0.39, 0.29) is 24.2 Å². The van der Waals surface area contributed by atoms with Crippen molar-refractivity contribution in [3.63, 3.8) is 0 Å². The van der Waals surface area contributed by atoms with Gasteiger partial charge in [0.2, 0.25) is 5.91 Å². The van der Waals surface area contributed by atoms with E-state index in [1.807, 2.05) is 30.3 Å². The molecule has 156 valence electrons. The third kappa shape index (κ3) is 4.62. The molecule has 1 aromatic heterocycles. The molecule has 4 rings (SSSR count). The lowest BCUT2D eigenvalue weighted by molar-refractivity contribution is -0.121. The average molecular weight is 408 g/mol. The first-order valence-corrected chi connectivity index (χ1v) is 10.1. The molecule has 1 aliphatic rings. The van der Waals surface area contributed by atoms with Gasteiger partial charge in [-0.2, -0.15) is 5.10 Å². The van der Waals surface area contributed by atoms with Crippen molar-refractivity contribution >= 4 is 11.7 Å². The topological polar surface area (TPSA) is 70.2 Å². The number of nitrogens with one attached hydrogen (secondary N) is 2. The maximum Gasteiger partial charge on any atom is 0.224 e. The van der Waals surface area contributed by atoms with E-state index in [1.165, 1.54) is 12.1 Å². The second-order valence-corrected chi connectivity index (χ2v) is 7.49. The van der Waals surface area contributed by atoms with Crippen LogP contribution in [0.2, 0.25) is 0 Å². The molecular weight excluding hydrogens is 383 g/mol. The summed E-state index contributed by atoms with van der Waals surface area (Å²) in [5.41, 5.74) is 2.60. The van der Waals surface area contributed by atoms with Crippen LogP contribution >= 0.6 is 0 Å². The molecule has 30 heavy (non-hydrogen) atoms. The van der Waals surface area contributed by atoms with E-state index in [1.54, 1.807) is 19.2 Å². The molecule has 2 aromatic carbocycles. The zero-order chi connectivity index (χ0) is 20.9. The Kier molecular flexibility index (Phi) is 5.97. The Labute approximate surface area is 175 Å². The molecule has 0 saturated carbocycles. The van der Waals surface area contributed by atoms with Gasteiger partial charge in [-0.25, -0.2) is 4.39 Å². The van der Waals surface area contributed by atoms with Crippen LogP contribution in [-0.2, 0) is 11.2 Å². The number of carbonyl (C=O) groups is 1. The first-order chi connectivity index (χ1) is 14.6. The third-order valence-electron chi connectivity index (χ3n) is 5.37. The van der Waals surface area contributed by atoms with Gasteiger partial charge >= 0.3 is 0 Å². The fourth-order valence-corrected chi connectivity index (χ4v) is 3.85. The maximum atomic E-state index is 13.2. The second kappa shape index (κ2) is 8.98. The Morgan fingerprint density at radius 2 is 2.07 bits per heavy atom. The number of H-pyrrole nitrogens is 1. The molecule has 1 amide bonds. The van der Waals surface area contributed by atoms with Crippen molar-refractivity contribution in [2.45, 2.75) is 25.3 Å². The van der Waals surface area contributed by atoms with Crippen LogP contribution in [0.25, 0.3) is 11.3 Å². The Morgan fingerprint density at radius 3 is 2.87 bits per heavy atom. The van der Waals surface area contributed by atoms with Crippen LogP contribution < -0.4 is 15.0 Å². The summed E-state index contributed by atoms with van der Waals surface area (Å²) in [5.74, 6) is 1.28. The quantitative estimate of drug-likeness (QED) is 0.654. The highest BCUT2D eigenvalue weighted by Crippen LogP contribution is 2.24. The van der Waals surface area contributed by atoms with Crippen LogP contribution in [0.1, 0.15) is 18.4 Å². The molecule has 2 N–H and O–H groups in total. The van der Waals surface area contributed by atoms with Gasteiger partial charge in [0, 0.05) is 30.8 Å². The van der Waals surface area contributed by atoms with Crippen molar-refractivity contribution in [1.29, 1.82) is 0 Å². The Morgan fingerprint density at radius 1 is 1.27 bits per heavy atom.